The number of benzene rings is 1. The lowest BCUT2D eigenvalue weighted by Crippen LogP contribution is -2.28. The van der Waals surface area contributed by atoms with Gasteiger partial charge in [0.25, 0.3) is 10.0 Å². The van der Waals surface area contributed by atoms with Crippen LogP contribution in [-0.4, -0.2) is 25.0 Å². The Balaban J connectivity index is 2.52. The Morgan fingerprint density at radius 1 is 1.37 bits per heavy atom. The minimum absolute atomic E-state index is 0.00185. The van der Waals surface area contributed by atoms with E-state index in [-0.39, 0.29) is 10.8 Å². The molecule has 0 amide bonds. The Kier molecular flexibility index (Phi) is 3.23. The van der Waals surface area contributed by atoms with Crippen molar-refractivity contribution in [1.29, 1.82) is 0 Å². The number of aryl methyl sites for hydroxylation is 2. The second-order valence-corrected chi connectivity index (χ2v) is 6.24. The number of imidazole rings is 1. The van der Waals surface area contributed by atoms with Gasteiger partial charge in [0.2, 0.25) is 0 Å². The molecule has 2 N–H and O–H groups in total. The SMILES string of the molecule is Cc1cccc(N(C)S(=O)(=O)c2c(N)ncn2C)c1. The van der Waals surface area contributed by atoms with Crippen molar-refractivity contribution in [2.45, 2.75) is 11.9 Å². The topological polar surface area (TPSA) is 81.2 Å². The summed E-state index contributed by atoms with van der Waals surface area (Å²) in [6.07, 6.45) is 1.38. The van der Waals surface area contributed by atoms with Gasteiger partial charge >= 0.3 is 0 Å². The standard InChI is InChI=1S/C12H16N4O2S/c1-9-5-4-6-10(7-9)16(3)19(17,18)12-11(13)14-8-15(12)2/h4-8H,13H2,1-3H3. The van der Waals surface area contributed by atoms with E-state index in [1.54, 1.807) is 19.2 Å². The van der Waals surface area contributed by atoms with Crippen molar-refractivity contribution >= 4 is 21.5 Å². The van der Waals surface area contributed by atoms with Gasteiger partial charge in [-0.15, -0.1) is 0 Å². The maximum atomic E-state index is 12.5. The van der Waals surface area contributed by atoms with Crippen LogP contribution in [0.25, 0.3) is 0 Å². The summed E-state index contributed by atoms with van der Waals surface area (Å²) >= 11 is 0. The zero-order valence-corrected chi connectivity index (χ0v) is 11.8. The fourth-order valence-electron chi connectivity index (χ4n) is 1.84. The third-order valence-corrected chi connectivity index (χ3v) is 4.80. The highest BCUT2D eigenvalue weighted by Crippen LogP contribution is 2.25. The van der Waals surface area contributed by atoms with E-state index in [2.05, 4.69) is 4.98 Å². The number of anilines is 2. The van der Waals surface area contributed by atoms with Crippen molar-refractivity contribution in [3.05, 3.63) is 36.2 Å². The van der Waals surface area contributed by atoms with E-state index in [1.165, 1.54) is 22.2 Å². The van der Waals surface area contributed by atoms with Gasteiger partial charge in [-0.1, -0.05) is 12.1 Å². The first kappa shape index (κ1) is 13.4. The molecular weight excluding hydrogens is 264 g/mol. The van der Waals surface area contributed by atoms with Gasteiger partial charge in [0.15, 0.2) is 10.8 Å². The molecular formula is C12H16N4O2S. The predicted octanol–water partition coefficient (Wildman–Crippen LogP) is 1.14. The molecule has 0 radical (unpaired) electrons. The number of nitrogens with zero attached hydrogens (tertiary/aromatic N) is 3. The molecule has 1 aromatic heterocycles. The van der Waals surface area contributed by atoms with Gasteiger partial charge in [0, 0.05) is 14.1 Å². The minimum atomic E-state index is -3.72. The van der Waals surface area contributed by atoms with Crippen molar-refractivity contribution < 1.29 is 8.42 Å². The first-order valence-electron chi connectivity index (χ1n) is 5.66. The van der Waals surface area contributed by atoms with Crippen molar-refractivity contribution in [2.75, 3.05) is 17.1 Å². The van der Waals surface area contributed by atoms with Crippen LogP contribution in [-0.2, 0) is 17.1 Å². The predicted molar refractivity (Wildman–Crippen MR) is 74.4 cm³/mol. The zero-order valence-electron chi connectivity index (χ0n) is 11.0. The van der Waals surface area contributed by atoms with Gasteiger partial charge in [-0.2, -0.15) is 8.42 Å². The van der Waals surface area contributed by atoms with Crippen LogP contribution in [0.15, 0.2) is 35.6 Å². The van der Waals surface area contributed by atoms with Crippen LogP contribution >= 0.6 is 0 Å². The highest BCUT2D eigenvalue weighted by Gasteiger charge is 2.27. The van der Waals surface area contributed by atoms with Crippen LogP contribution in [0.5, 0.6) is 0 Å². The summed E-state index contributed by atoms with van der Waals surface area (Å²) in [5, 5.41) is -0.00324. The lowest BCUT2D eigenvalue weighted by atomic mass is 10.2. The Hall–Kier alpha value is -2.02. The maximum absolute atomic E-state index is 12.5. The number of rotatable bonds is 3. The summed E-state index contributed by atoms with van der Waals surface area (Å²) in [5.41, 5.74) is 7.20. The molecule has 0 fully saturated rings. The quantitative estimate of drug-likeness (QED) is 0.914. The molecule has 7 heteroatoms. The monoisotopic (exact) mass is 280 g/mol. The van der Waals surface area contributed by atoms with Gasteiger partial charge in [0.1, 0.15) is 0 Å². The van der Waals surface area contributed by atoms with E-state index in [1.807, 2.05) is 19.1 Å². The Labute approximate surface area is 112 Å². The molecule has 6 nitrogen and oxygen atoms in total. The number of hydrogen-bond acceptors (Lipinski definition) is 4. The molecule has 0 aliphatic heterocycles. The third-order valence-electron chi connectivity index (χ3n) is 2.88. The average molecular weight is 280 g/mol. The Morgan fingerprint density at radius 3 is 2.58 bits per heavy atom. The first-order valence-corrected chi connectivity index (χ1v) is 7.10. The summed E-state index contributed by atoms with van der Waals surface area (Å²) in [4.78, 5) is 3.81. The lowest BCUT2D eigenvalue weighted by Gasteiger charge is -2.20. The van der Waals surface area contributed by atoms with Crippen molar-refractivity contribution in [1.82, 2.24) is 9.55 Å². The number of nitrogen functional groups attached to an aromatic ring is 1. The molecule has 1 heterocycles. The highest BCUT2D eigenvalue weighted by atomic mass is 32.2. The van der Waals surface area contributed by atoms with E-state index in [4.69, 9.17) is 5.73 Å². The largest absolute Gasteiger partial charge is 0.381 e. The number of aromatic nitrogens is 2. The molecule has 0 atom stereocenters. The smallest absolute Gasteiger partial charge is 0.283 e. The fraction of sp³-hybridized carbons (Fsp3) is 0.250. The van der Waals surface area contributed by atoms with Crippen LogP contribution in [0.2, 0.25) is 0 Å². The summed E-state index contributed by atoms with van der Waals surface area (Å²) in [5.74, 6) is 0.00185. The number of nitrogens with two attached hydrogens (primary N) is 1. The summed E-state index contributed by atoms with van der Waals surface area (Å²) in [6.45, 7) is 1.91. The summed E-state index contributed by atoms with van der Waals surface area (Å²) in [7, 11) is -0.624. The minimum Gasteiger partial charge on any atom is -0.381 e. The van der Waals surface area contributed by atoms with Crippen LogP contribution in [0.3, 0.4) is 0 Å². The average Bonchev–Trinajstić information content (AvgIpc) is 2.68. The number of hydrogen-bond donors (Lipinski definition) is 1. The molecule has 0 bridgehead atoms. The van der Waals surface area contributed by atoms with E-state index < -0.39 is 10.0 Å². The Bertz CT molecular complexity index is 687. The molecule has 0 unspecified atom stereocenters. The Morgan fingerprint density at radius 2 is 2.05 bits per heavy atom. The van der Waals surface area contributed by atoms with Gasteiger partial charge in [-0.3, -0.25) is 4.31 Å². The van der Waals surface area contributed by atoms with Gasteiger partial charge in [-0.25, -0.2) is 4.98 Å². The second kappa shape index (κ2) is 4.58. The molecule has 0 aliphatic carbocycles. The summed E-state index contributed by atoms with van der Waals surface area (Å²) < 4.78 is 27.7. The van der Waals surface area contributed by atoms with E-state index in [0.717, 1.165) is 5.56 Å². The molecule has 102 valence electrons. The fourth-order valence-corrected chi connectivity index (χ4v) is 3.22. The molecule has 0 spiro atoms. The molecule has 0 saturated carbocycles. The molecule has 2 aromatic rings. The normalized spacial score (nSPS) is 11.5. The van der Waals surface area contributed by atoms with Gasteiger partial charge < -0.3 is 10.3 Å². The van der Waals surface area contributed by atoms with Crippen molar-refractivity contribution in [3.63, 3.8) is 0 Å². The molecule has 1 aromatic carbocycles. The summed E-state index contributed by atoms with van der Waals surface area (Å²) in [6, 6.07) is 7.24. The lowest BCUT2D eigenvalue weighted by molar-refractivity contribution is 0.585. The van der Waals surface area contributed by atoms with Gasteiger partial charge in [-0.05, 0) is 24.6 Å². The van der Waals surface area contributed by atoms with Crippen LogP contribution in [0, 0.1) is 6.92 Å². The van der Waals surface area contributed by atoms with Crippen LogP contribution in [0.4, 0.5) is 11.5 Å². The van der Waals surface area contributed by atoms with E-state index in [0.29, 0.717) is 5.69 Å². The van der Waals surface area contributed by atoms with Crippen LogP contribution < -0.4 is 10.0 Å². The van der Waals surface area contributed by atoms with E-state index >= 15 is 0 Å². The highest BCUT2D eigenvalue weighted by molar-refractivity contribution is 7.92. The molecule has 0 saturated heterocycles. The molecule has 19 heavy (non-hydrogen) atoms. The van der Waals surface area contributed by atoms with Crippen molar-refractivity contribution in [3.8, 4) is 0 Å². The second-order valence-electron chi connectivity index (χ2n) is 4.36. The van der Waals surface area contributed by atoms with Crippen molar-refractivity contribution in [2.24, 2.45) is 7.05 Å². The zero-order chi connectivity index (χ0) is 14.2. The molecule has 2 rings (SSSR count). The first-order chi connectivity index (χ1) is 8.84. The van der Waals surface area contributed by atoms with E-state index in [9.17, 15) is 8.42 Å². The van der Waals surface area contributed by atoms with Gasteiger partial charge in [0.05, 0.1) is 12.0 Å². The third kappa shape index (κ3) is 2.28. The maximum Gasteiger partial charge on any atom is 0.283 e. The van der Waals surface area contributed by atoms with Crippen LogP contribution in [0.1, 0.15) is 5.56 Å². The number of sulfonamides is 1. The molecule has 0 aliphatic rings.